The second-order valence-electron chi connectivity index (χ2n) is 5.27. The summed E-state index contributed by atoms with van der Waals surface area (Å²) in [5.74, 6) is 0.611. The van der Waals surface area contributed by atoms with Gasteiger partial charge in [-0.25, -0.2) is 4.98 Å². The largest absolute Gasteiger partial charge is 0.382 e. The fourth-order valence-corrected chi connectivity index (χ4v) is 2.31. The van der Waals surface area contributed by atoms with Crippen LogP contribution in [-0.2, 0) is 14.3 Å². The molecule has 1 heterocycles. The van der Waals surface area contributed by atoms with Crippen LogP contribution in [0.4, 0.5) is 5.69 Å². The Bertz CT molecular complexity index is 779. The number of benzene rings is 2. The van der Waals surface area contributed by atoms with Crippen LogP contribution < -0.4 is 5.32 Å². The molecule has 0 unspecified atom stereocenters. The average molecular weight is 325 g/mol. The molecule has 1 amide bonds. The number of carbonyl (C=O) groups is 1. The molecular formula is C18H19N3O3. The molecule has 24 heavy (non-hydrogen) atoms. The number of nitrogens with one attached hydrogen (secondary N) is 2. The van der Waals surface area contributed by atoms with Gasteiger partial charge in [0.25, 0.3) is 0 Å². The first kappa shape index (κ1) is 16.2. The van der Waals surface area contributed by atoms with Crippen LogP contribution in [0.1, 0.15) is 0 Å². The molecular weight excluding hydrogens is 306 g/mol. The van der Waals surface area contributed by atoms with Crippen molar-refractivity contribution in [2.45, 2.75) is 0 Å². The Morgan fingerprint density at radius 1 is 1.12 bits per heavy atom. The summed E-state index contributed by atoms with van der Waals surface area (Å²) < 4.78 is 10.0. The topological polar surface area (TPSA) is 76.2 Å². The molecule has 124 valence electrons. The molecule has 0 saturated carbocycles. The highest BCUT2D eigenvalue weighted by Gasteiger charge is 2.06. The second-order valence-corrected chi connectivity index (χ2v) is 5.27. The summed E-state index contributed by atoms with van der Waals surface area (Å²) in [4.78, 5) is 19.6. The van der Waals surface area contributed by atoms with E-state index < -0.39 is 0 Å². The van der Waals surface area contributed by atoms with Crippen molar-refractivity contribution in [2.75, 3.05) is 32.2 Å². The van der Waals surface area contributed by atoms with Crippen molar-refractivity contribution in [1.82, 2.24) is 9.97 Å². The Kier molecular flexibility index (Phi) is 5.20. The number of fused-ring (bicyclic) bond motifs is 1. The van der Waals surface area contributed by atoms with Gasteiger partial charge in [-0.3, -0.25) is 4.79 Å². The SMILES string of the molecule is COCCOCC(=O)Nc1ccc(-c2nc3ccccc3[nH]2)cc1. The first-order chi connectivity index (χ1) is 11.8. The normalized spacial score (nSPS) is 10.9. The Hall–Kier alpha value is -2.70. The smallest absolute Gasteiger partial charge is 0.250 e. The van der Waals surface area contributed by atoms with Gasteiger partial charge in [0, 0.05) is 18.4 Å². The zero-order chi connectivity index (χ0) is 16.8. The number of aromatic amines is 1. The lowest BCUT2D eigenvalue weighted by Gasteiger charge is -2.06. The number of hydrogen-bond acceptors (Lipinski definition) is 4. The van der Waals surface area contributed by atoms with E-state index in [1.807, 2.05) is 48.5 Å². The molecule has 0 aliphatic carbocycles. The van der Waals surface area contributed by atoms with Crippen LogP contribution in [0.3, 0.4) is 0 Å². The molecule has 3 rings (SSSR count). The van der Waals surface area contributed by atoms with Crippen molar-refractivity contribution in [3.63, 3.8) is 0 Å². The van der Waals surface area contributed by atoms with Crippen LogP contribution in [0, 0.1) is 0 Å². The number of aromatic nitrogens is 2. The predicted octanol–water partition coefficient (Wildman–Crippen LogP) is 2.83. The number of amides is 1. The second kappa shape index (κ2) is 7.72. The van der Waals surface area contributed by atoms with Crippen molar-refractivity contribution in [1.29, 1.82) is 0 Å². The van der Waals surface area contributed by atoms with Gasteiger partial charge in [-0.2, -0.15) is 0 Å². The Balaban J connectivity index is 1.61. The van der Waals surface area contributed by atoms with Gasteiger partial charge in [0.2, 0.25) is 5.91 Å². The molecule has 0 radical (unpaired) electrons. The lowest BCUT2D eigenvalue weighted by atomic mass is 10.2. The fraction of sp³-hybridized carbons (Fsp3) is 0.222. The van der Waals surface area contributed by atoms with Crippen LogP contribution in [0.15, 0.2) is 48.5 Å². The number of imidazole rings is 1. The van der Waals surface area contributed by atoms with Crippen LogP contribution in [0.25, 0.3) is 22.4 Å². The Labute approximate surface area is 139 Å². The van der Waals surface area contributed by atoms with Crippen LogP contribution >= 0.6 is 0 Å². The molecule has 6 nitrogen and oxygen atoms in total. The van der Waals surface area contributed by atoms with Gasteiger partial charge < -0.3 is 19.8 Å². The summed E-state index contributed by atoms with van der Waals surface area (Å²) in [6, 6.07) is 15.4. The van der Waals surface area contributed by atoms with E-state index in [4.69, 9.17) is 9.47 Å². The number of carbonyl (C=O) groups excluding carboxylic acids is 1. The summed E-state index contributed by atoms with van der Waals surface area (Å²) in [6.07, 6.45) is 0. The summed E-state index contributed by atoms with van der Waals surface area (Å²) in [5, 5.41) is 2.79. The van der Waals surface area contributed by atoms with Crippen molar-refractivity contribution >= 4 is 22.6 Å². The van der Waals surface area contributed by atoms with Crippen molar-refractivity contribution in [3.8, 4) is 11.4 Å². The molecule has 1 aromatic heterocycles. The van der Waals surface area contributed by atoms with Crippen LogP contribution in [-0.4, -0.2) is 42.8 Å². The van der Waals surface area contributed by atoms with E-state index in [0.29, 0.717) is 13.2 Å². The van der Waals surface area contributed by atoms with Crippen LogP contribution in [0.5, 0.6) is 0 Å². The van der Waals surface area contributed by atoms with Gasteiger partial charge in [0.1, 0.15) is 12.4 Å². The number of rotatable bonds is 7. The molecule has 0 atom stereocenters. The maximum atomic E-state index is 11.8. The number of para-hydroxylation sites is 2. The summed E-state index contributed by atoms with van der Waals surface area (Å²) >= 11 is 0. The van der Waals surface area contributed by atoms with E-state index in [0.717, 1.165) is 28.1 Å². The predicted molar refractivity (Wildman–Crippen MR) is 92.9 cm³/mol. The highest BCUT2D eigenvalue weighted by molar-refractivity contribution is 5.92. The molecule has 6 heteroatoms. The van der Waals surface area contributed by atoms with Crippen LogP contribution in [0.2, 0.25) is 0 Å². The fourth-order valence-electron chi connectivity index (χ4n) is 2.31. The standard InChI is InChI=1S/C18H19N3O3/c1-23-10-11-24-12-17(22)19-14-8-6-13(7-9-14)18-20-15-4-2-3-5-16(15)21-18/h2-9H,10-12H2,1H3,(H,19,22)(H,20,21). The van der Waals surface area contributed by atoms with E-state index >= 15 is 0 Å². The highest BCUT2D eigenvalue weighted by Crippen LogP contribution is 2.21. The summed E-state index contributed by atoms with van der Waals surface area (Å²) in [5.41, 5.74) is 3.60. The first-order valence-corrected chi connectivity index (χ1v) is 7.68. The third-order valence-corrected chi connectivity index (χ3v) is 3.50. The van der Waals surface area contributed by atoms with Gasteiger partial charge in [0.05, 0.1) is 24.2 Å². The molecule has 0 spiro atoms. The van der Waals surface area contributed by atoms with E-state index in [9.17, 15) is 4.79 Å². The molecule has 2 aromatic carbocycles. The molecule has 2 N–H and O–H groups in total. The van der Waals surface area contributed by atoms with Gasteiger partial charge in [0.15, 0.2) is 0 Å². The number of anilines is 1. The minimum Gasteiger partial charge on any atom is -0.382 e. The zero-order valence-corrected chi connectivity index (χ0v) is 13.4. The lowest BCUT2D eigenvalue weighted by Crippen LogP contribution is -2.19. The van der Waals surface area contributed by atoms with Gasteiger partial charge >= 0.3 is 0 Å². The van der Waals surface area contributed by atoms with Gasteiger partial charge in [-0.05, 0) is 36.4 Å². The minimum absolute atomic E-state index is 0.00862. The third kappa shape index (κ3) is 3.98. The highest BCUT2D eigenvalue weighted by atomic mass is 16.5. The molecule has 0 fully saturated rings. The molecule has 0 aliphatic heterocycles. The monoisotopic (exact) mass is 325 g/mol. The molecule has 0 bridgehead atoms. The maximum Gasteiger partial charge on any atom is 0.250 e. The summed E-state index contributed by atoms with van der Waals surface area (Å²) in [6.45, 7) is 0.878. The van der Waals surface area contributed by atoms with E-state index in [1.165, 1.54) is 0 Å². The lowest BCUT2D eigenvalue weighted by molar-refractivity contribution is -0.121. The number of hydrogen-bond donors (Lipinski definition) is 2. The average Bonchev–Trinajstić information content (AvgIpc) is 3.03. The van der Waals surface area contributed by atoms with Gasteiger partial charge in [-0.15, -0.1) is 0 Å². The quantitative estimate of drug-likeness (QED) is 0.655. The van der Waals surface area contributed by atoms with Crippen molar-refractivity contribution in [2.24, 2.45) is 0 Å². The Morgan fingerprint density at radius 2 is 1.92 bits per heavy atom. The maximum absolute atomic E-state index is 11.8. The van der Waals surface area contributed by atoms with E-state index in [1.54, 1.807) is 7.11 Å². The number of methoxy groups -OCH3 is 1. The van der Waals surface area contributed by atoms with E-state index in [2.05, 4.69) is 15.3 Å². The third-order valence-electron chi connectivity index (χ3n) is 3.50. The van der Waals surface area contributed by atoms with Gasteiger partial charge in [-0.1, -0.05) is 12.1 Å². The number of nitrogens with zero attached hydrogens (tertiary/aromatic N) is 1. The van der Waals surface area contributed by atoms with Crippen molar-refractivity contribution in [3.05, 3.63) is 48.5 Å². The van der Waals surface area contributed by atoms with Crippen molar-refractivity contribution < 1.29 is 14.3 Å². The first-order valence-electron chi connectivity index (χ1n) is 7.68. The zero-order valence-electron chi connectivity index (χ0n) is 13.4. The summed E-state index contributed by atoms with van der Waals surface area (Å²) in [7, 11) is 1.59. The molecule has 0 aliphatic rings. The molecule has 0 saturated heterocycles. The molecule has 3 aromatic rings. The number of H-pyrrole nitrogens is 1. The minimum atomic E-state index is -0.192. The van der Waals surface area contributed by atoms with E-state index in [-0.39, 0.29) is 12.5 Å². The Morgan fingerprint density at radius 3 is 2.67 bits per heavy atom. The number of ether oxygens (including phenoxy) is 2.